The number of aromatic nitrogens is 1. The minimum Gasteiger partial charge on any atom is -0.440 e. The van der Waals surface area contributed by atoms with Crippen LogP contribution in [0.3, 0.4) is 0 Å². The minimum absolute atomic E-state index is 0.0404. The molecule has 0 spiro atoms. The molecule has 1 unspecified atom stereocenters. The lowest BCUT2D eigenvalue weighted by Crippen LogP contribution is -2.34. The smallest absolute Gasteiger partial charge is 0.198 e. The van der Waals surface area contributed by atoms with Gasteiger partial charge in [-0.15, -0.1) is 0 Å². The molecule has 3 heterocycles. The molecule has 0 N–H and O–H groups in total. The number of oxazole rings is 1. The van der Waals surface area contributed by atoms with Crippen molar-refractivity contribution in [2.24, 2.45) is 0 Å². The maximum atomic E-state index is 5.94. The lowest BCUT2D eigenvalue weighted by molar-refractivity contribution is -0.163. The standard InChI is InChI=1S/C20H28N2O3/c1-2-7-18-17(6-1)21-20(25-18)16-9-12-22(13-10-16)11-5-15-24-19-8-3-4-14-23-19/h1-2,6-7,16,19H,3-5,8-15H2. The third-order valence-electron chi connectivity index (χ3n) is 5.31. The Labute approximate surface area is 149 Å². The fourth-order valence-corrected chi connectivity index (χ4v) is 3.81. The van der Waals surface area contributed by atoms with Gasteiger partial charge in [-0.1, -0.05) is 12.1 Å². The fraction of sp³-hybridized carbons (Fsp3) is 0.650. The molecule has 2 saturated heterocycles. The molecule has 25 heavy (non-hydrogen) atoms. The molecular formula is C20H28N2O3. The van der Waals surface area contributed by atoms with Gasteiger partial charge >= 0.3 is 0 Å². The summed E-state index contributed by atoms with van der Waals surface area (Å²) >= 11 is 0. The Morgan fingerprint density at radius 2 is 2.00 bits per heavy atom. The maximum absolute atomic E-state index is 5.94. The second-order valence-electron chi connectivity index (χ2n) is 7.16. The Bertz CT molecular complexity index is 625. The summed E-state index contributed by atoms with van der Waals surface area (Å²) in [5.74, 6) is 1.37. The maximum Gasteiger partial charge on any atom is 0.198 e. The molecule has 1 atom stereocenters. The molecule has 0 radical (unpaired) electrons. The van der Waals surface area contributed by atoms with Crippen LogP contribution in [0, 0.1) is 0 Å². The molecule has 136 valence electrons. The number of ether oxygens (including phenoxy) is 2. The van der Waals surface area contributed by atoms with Crippen molar-refractivity contribution >= 4 is 11.1 Å². The van der Waals surface area contributed by atoms with Gasteiger partial charge in [0.15, 0.2) is 17.8 Å². The van der Waals surface area contributed by atoms with E-state index in [9.17, 15) is 0 Å². The monoisotopic (exact) mass is 344 g/mol. The summed E-state index contributed by atoms with van der Waals surface area (Å²) in [5.41, 5.74) is 1.88. The lowest BCUT2D eigenvalue weighted by atomic mass is 9.97. The number of fused-ring (bicyclic) bond motifs is 1. The zero-order valence-corrected chi connectivity index (χ0v) is 14.9. The predicted molar refractivity (Wildman–Crippen MR) is 96.6 cm³/mol. The topological polar surface area (TPSA) is 47.7 Å². The molecular weight excluding hydrogens is 316 g/mol. The van der Waals surface area contributed by atoms with Crippen LogP contribution in [0.1, 0.15) is 50.3 Å². The zero-order chi connectivity index (χ0) is 16.9. The van der Waals surface area contributed by atoms with E-state index in [0.29, 0.717) is 5.92 Å². The van der Waals surface area contributed by atoms with Gasteiger partial charge in [0.25, 0.3) is 0 Å². The highest BCUT2D eigenvalue weighted by Crippen LogP contribution is 2.29. The lowest BCUT2D eigenvalue weighted by Gasteiger charge is -2.30. The van der Waals surface area contributed by atoms with Crippen LogP contribution in [0.4, 0.5) is 0 Å². The van der Waals surface area contributed by atoms with Crippen LogP contribution in [-0.4, -0.2) is 49.0 Å². The van der Waals surface area contributed by atoms with Crippen LogP contribution in [0.2, 0.25) is 0 Å². The molecule has 2 aliphatic heterocycles. The Kier molecular flexibility index (Phi) is 5.65. The summed E-state index contributed by atoms with van der Waals surface area (Å²) < 4.78 is 17.4. The number of piperidine rings is 1. The van der Waals surface area contributed by atoms with Gasteiger partial charge < -0.3 is 18.8 Å². The van der Waals surface area contributed by atoms with Crippen molar-refractivity contribution in [1.82, 2.24) is 9.88 Å². The average Bonchev–Trinajstić information content (AvgIpc) is 3.11. The fourth-order valence-electron chi connectivity index (χ4n) is 3.81. The number of para-hydroxylation sites is 2. The zero-order valence-electron chi connectivity index (χ0n) is 14.9. The molecule has 0 amide bonds. The number of hydrogen-bond acceptors (Lipinski definition) is 5. The predicted octanol–water partition coefficient (Wildman–Crippen LogP) is 3.94. The van der Waals surface area contributed by atoms with Gasteiger partial charge in [0.05, 0.1) is 6.61 Å². The van der Waals surface area contributed by atoms with Crippen molar-refractivity contribution < 1.29 is 13.9 Å². The number of benzene rings is 1. The second-order valence-corrected chi connectivity index (χ2v) is 7.16. The highest BCUT2D eigenvalue weighted by atomic mass is 16.7. The molecule has 5 heteroatoms. The molecule has 1 aromatic heterocycles. The quantitative estimate of drug-likeness (QED) is 0.743. The van der Waals surface area contributed by atoms with Crippen molar-refractivity contribution in [2.45, 2.75) is 50.7 Å². The number of nitrogens with zero attached hydrogens (tertiary/aromatic N) is 2. The summed E-state index contributed by atoms with van der Waals surface area (Å²) in [6, 6.07) is 8.03. The van der Waals surface area contributed by atoms with Crippen molar-refractivity contribution in [3.05, 3.63) is 30.2 Å². The summed E-state index contributed by atoms with van der Waals surface area (Å²) in [6.45, 7) is 4.99. The highest BCUT2D eigenvalue weighted by Gasteiger charge is 2.24. The third kappa shape index (κ3) is 4.40. The van der Waals surface area contributed by atoms with E-state index < -0.39 is 0 Å². The van der Waals surface area contributed by atoms with Crippen LogP contribution in [0.5, 0.6) is 0 Å². The van der Waals surface area contributed by atoms with Crippen molar-refractivity contribution in [1.29, 1.82) is 0 Å². The van der Waals surface area contributed by atoms with Crippen LogP contribution < -0.4 is 0 Å². The first-order chi connectivity index (χ1) is 12.4. The Hall–Kier alpha value is -1.43. The molecule has 2 aromatic rings. The van der Waals surface area contributed by atoms with Crippen molar-refractivity contribution in [3.63, 3.8) is 0 Å². The molecule has 1 aromatic carbocycles. The van der Waals surface area contributed by atoms with Gasteiger partial charge in [-0.2, -0.15) is 0 Å². The third-order valence-corrected chi connectivity index (χ3v) is 5.31. The van der Waals surface area contributed by atoms with Gasteiger partial charge in [-0.3, -0.25) is 0 Å². The van der Waals surface area contributed by atoms with Crippen LogP contribution in [0.15, 0.2) is 28.7 Å². The molecule has 2 aliphatic rings. The van der Waals surface area contributed by atoms with Gasteiger partial charge in [-0.05, 0) is 63.7 Å². The van der Waals surface area contributed by atoms with E-state index in [1.54, 1.807) is 0 Å². The largest absolute Gasteiger partial charge is 0.440 e. The van der Waals surface area contributed by atoms with E-state index in [1.807, 2.05) is 24.3 Å². The minimum atomic E-state index is 0.0404. The number of likely N-dealkylation sites (tertiary alicyclic amines) is 1. The van der Waals surface area contributed by atoms with E-state index in [4.69, 9.17) is 13.9 Å². The molecule has 4 rings (SSSR count). The van der Waals surface area contributed by atoms with Crippen LogP contribution in [0.25, 0.3) is 11.1 Å². The molecule has 0 saturated carbocycles. The van der Waals surface area contributed by atoms with Gasteiger partial charge in [-0.25, -0.2) is 4.98 Å². The molecule has 5 nitrogen and oxygen atoms in total. The van der Waals surface area contributed by atoms with E-state index in [0.717, 1.165) is 75.5 Å². The Morgan fingerprint density at radius 1 is 1.12 bits per heavy atom. The summed E-state index contributed by atoms with van der Waals surface area (Å²) in [6.07, 6.45) is 6.82. The first-order valence-electron chi connectivity index (χ1n) is 9.69. The normalized spacial score (nSPS) is 23.3. The first-order valence-corrected chi connectivity index (χ1v) is 9.69. The molecule has 0 bridgehead atoms. The van der Waals surface area contributed by atoms with E-state index >= 15 is 0 Å². The second kappa shape index (κ2) is 8.30. The SMILES string of the molecule is c1ccc2oc(C3CCN(CCCOC4CCCCO4)CC3)nc2c1. The van der Waals surface area contributed by atoms with Crippen molar-refractivity contribution in [2.75, 3.05) is 32.8 Å². The van der Waals surface area contributed by atoms with Crippen LogP contribution in [-0.2, 0) is 9.47 Å². The Morgan fingerprint density at radius 3 is 2.80 bits per heavy atom. The van der Waals surface area contributed by atoms with Crippen LogP contribution >= 0.6 is 0 Å². The summed E-state index contributed by atoms with van der Waals surface area (Å²) in [4.78, 5) is 7.20. The van der Waals surface area contributed by atoms with Gasteiger partial charge in [0, 0.05) is 19.1 Å². The average molecular weight is 344 g/mol. The van der Waals surface area contributed by atoms with Gasteiger partial charge in [0.1, 0.15) is 5.52 Å². The van der Waals surface area contributed by atoms with E-state index in [-0.39, 0.29) is 6.29 Å². The Balaban J connectivity index is 1.18. The summed E-state index contributed by atoms with van der Waals surface area (Å²) in [5, 5.41) is 0. The van der Waals surface area contributed by atoms with E-state index in [2.05, 4.69) is 9.88 Å². The van der Waals surface area contributed by atoms with E-state index in [1.165, 1.54) is 12.8 Å². The summed E-state index contributed by atoms with van der Waals surface area (Å²) in [7, 11) is 0. The molecule has 2 fully saturated rings. The highest BCUT2D eigenvalue weighted by molar-refractivity contribution is 5.72. The van der Waals surface area contributed by atoms with Crippen molar-refractivity contribution in [3.8, 4) is 0 Å². The number of hydrogen-bond donors (Lipinski definition) is 0. The number of rotatable bonds is 6. The molecule has 0 aliphatic carbocycles. The van der Waals surface area contributed by atoms with Gasteiger partial charge in [0.2, 0.25) is 0 Å². The first kappa shape index (κ1) is 17.0.